The second-order valence-corrected chi connectivity index (χ2v) is 20.9. The predicted molar refractivity (Wildman–Crippen MR) is 307 cm³/mol. The highest BCUT2D eigenvalue weighted by molar-refractivity contribution is 7.47. The average Bonchev–Trinajstić information content (AvgIpc) is 3.37. The maximum absolute atomic E-state index is 12.7. The van der Waals surface area contributed by atoms with E-state index in [0.29, 0.717) is 6.42 Å². The number of phosphoric ester groups is 1. The molecule has 0 aliphatic heterocycles. The van der Waals surface area contributed by atoms with Crippen molar-refractivity contribution in [3.63, 3.8) is 0 Å². The molecule has 0 aliphatic rings. The van der Waals surface area contributed by atoms with E-state index in [2.05, 4.69) is 98.9 Å². The molecule has 0 saturated carbocycles. The molecule has 0 aliphatic carbocycles. The number of phosphoric acid groups is 1. The number of unbranched alkanes of at least 4 members (excludes halogenated alkanes) is 28. The number of rotatable bonds is 55. The van der Waals surface area contributed by atoms with Crippen LogP contribution in [-0.4, -0.2) is 49.3 Å². The molecule has 0 radical (unpaired) electrons. The Labute approximate surface area is 443 Å². The number of esters is 2. The summed E-state index contributed by atoms with van der Waals surface area (Å²) < 4.78 is 32.9. The SMILES string of the molecule is CC/C=C\C/C=C\C/C=C\C/C=C\C/C=C\C/C=C\C/C=C\CCCCCCCCCCCCCCCCCCCCCC(=O)OC(COC(=O)CCCCCCCCCCCC)COP(=O)(O)OCCN. The van der Waals surface area contributed by atoms with E-state index < -0.39 is 26.5 Å². The monoisotopic (exact) mass is 1030 g/mol. The van der Waals surface area contributed by atoms with Crippen LogP contribution in [0.4, 0.5) is 0 Å². The zero-order valence-corrected chi connectivity index (χ0v) is 47.3. The van der Waals surface area contributed by atoms with Gasteiger partial charge in [-0.3, -0.25) is 18.6 Å². The summed E-state index contributed by atoms with van der Waals surface area (Å²) >= 11 is 0. The second-order valence-electron chi connectivity index (χ2n) is 19.5. The fourth-order valence-electron chi connectivity index (χ4n) is 8.21. The van der Waals surface area contributed by atoms with E-state index in [0.717, 1.165) is 83.5 Å². The van der Waals surface area contributed by atoms with Crippen molar-refractivity contribution in [1.82, 2.24) is 0 Å². The summed E-state index contributed by atoms with van der Waals surface area (Å²) in [5, 5.41) is 0. The van der Waals surface area contributed by atoms with Crippen LogP contribution in [0, 0.1) is 0 Å². The first-order valence-electron chi connectivity index (χ1n) is 29.6. The van der Waals surface area contributed by atoms with Crippen LogP contribution in [0.25, 0.3) is 0 Å². The van der Waals surface area contributed by atoms with Crippen LogP contribution in [-0.2, 0) is 32.7 Å². The van der Waals surface area contributed by atoms with Gasteiger partial charge in [-0.25, -0.2) is 4.57 Å². The van der Waals surface area contributed by atoms with Crippen molar-refractivity contribution in [2.75, 3.05) is 26.4 Å². The Morgan fingerprint density at radius 3 is 1.14 bits per heavy atom. The molecular weight excluding hydrogens is 918 g/mol. The van der Waals surface area contributed by atoms with E-state index in [1.807, 2.05) is 0 Å². The van der Waals surface area contributed by atoms with Gasteiger partial charge in [-0.15, -0.1) is 0 Å². The molecule has 72 heavy (non-hydrogen) atoms. The maximum Gasteiger partial charge on any atom is 0.472 e. The van der Waals surface area contributed by atoms with Gasteiger partial charge in [-0.05, 0) is 70.6 Å². The molecular formula is C62H110NO8P. The lowest BCUT2D eigenvalue weighted by Gasteiger charge is -2.19. The third kappa shape index (κ3) is 56.5. The first-order valence-corrected chi connectivity index (χ1v) is 31.1. The van der Waals surface area contributed by atoms with Gasteiger partial charge < -0.3 is 20.1 Å². The highest BCUT2D eigenvalue weighted by Crippen LogP contribution is 2.43. The summed E-state index contributed by atoms with van der Waals surface area (Å²) in [6, 6.07) is 0. The van der Waals surface area contributed by atoms with Crippen LogP contribution < -0.4 is 5.73 Å². The molecule has 0 aromatic carbocycles. The molecule has 2 atom stereocenters. The smallest absolute Gasteiger partial charge is 0.462 e. The van der Waals surface area contributed by atoms with Crippen molar-refractivity contribution >= 4 is 19.8 Å². The Morgan fingerprint density at radius 2 is 0.764 bits per heavy atom. The van der Waals surface area contributed by atoms with Gasteiger partial charge in [0.05, 0.1) is 13.2 Å². The van der Waals surface area contributed by atoms with Crippen LogP contribution >= 0.6 is 7.82 Å². The number of hydrogen-bond donors (Lipinski definition) is 2. The highest BCUT2D eigenvalue weighted by atomic mass is 31.2. The minimum Gasteiger partial charge on any atom is -0.462 e. The largest absolute Gasteiger partial charge is 0.472 e. The Bertz CT molecular complexity index is 1450. The fourth-order valence-corrected chi connectivity index (χ4v) is 8.97. The minimum atomic E-state index is -4.38. The Balaban J connectivity index is 3.77. The van der Waals surface area contributed by atoms with E-state index in [4.69, 9.17) is 24.3 Å². The van der Waals surface area contributed by atoms with E-state index >= 15 is 0 Å². The topological polar surface area (TPSA) is 134 Å². The number of nitrogens with two attached hydrogens (primary N) is 1. The van der Waals surface area contributed by atoms with E-state index in [-0.39, 0.29) is 38.6 Å². The molecule has 0 saturated heterocycles. The first kappa shape index (κ1) is 69.2. The third-order valence-electron chi connectivity index (χ3n) is 12.5. The molecule has 0 rings (SSSR count). The molecule has 10 heteroatoms. The Morgan fingerprint density at radius 1 is 0.431 bits per heavy atom. The molecule has 0 heterocycles. The molecule has 0 bridgehead atoms. The van der Waals surface area contributed by atoms with Gasteiger partial charge >= 0.3 is 19.8 Å². The molecule has 0 fully saturated rings. The van der Waals surface area contributed by atoms with Crippen molar-refractivity contribution in [2.24, 2.45) is 5.73 Å². The van der Waals surface area contributed by atoms with Crippen LogP contribution in [0.5, 0.6) is 0 Å². The summed E-state index contributed by atoms with van der Waals surface area (Å²) in [7, 11) is -4.38. The van der Waals surface area contributed by atoms with Gasteiger partial charge in [-0.1, -0.05) is 266 Å². The minimum absolute atomic E-state index is 0.0537. The number of hydrogen-bond acceptors (Lipinski definition) is 8. The molecule has 9 nitrogen and oxygen atoms in total. The van der Waals surface area contributed by atoms with Crippen LogP contribution in [0.3, 0.4) is 0 Å². The van der Waals surface area contributed by atoms with E-state index in [1.165, 1.54) is 148 Å². The Kier molecular flexibility index (Phi) is 55.2. The molecule has 0 aromatic rings. The van der Waals surface area contributed by atoms with Gasteiger partial charge in [0.15, 0.2) is 6.10 Å². The van der Waals surface area contributed by atoms with Gasteiger partial charge in [0.1, 0.15) is 6.61 Å². The van der Waals surface area contributed by atoms with Gasteiger partial charge in [0.2, 0.25) is 0 Å². The second kappa shape index (κ2) is 57.5. The quantitative estimate of drug-likeness (QED) is 0.0264. The summed E-state index contributed by atoms with van der Waals surface area (Å²) in [6.07, 6.45) is 75.3. The van der Waals surface area contributed by atoms with Crippen LogP contribution in [0.15, 0.2) is 85.1 Å². The van der Waals surface area contributed by atoms with Crippen molar-refractivity contribution in [2.45, 2.75) is 270 Å². The lowest BCUT2D eigenvalue weighted by atomic mass is 10.0. The maximum atomic E-state index is 12.7. The van der Waals surface area contributed by atoms with Gasteiger partial charge in [0, 0.05) is 19.4 Å². The van der Waals surface area contributed by atoms with Crippen molar-refractivity contribution in [3.8, 4) is 0 Å². The Hall–Kier alpha value is -2.81. The molecule has 0 amide bonds. The molecule has 0 aromatic heterocycles. The lowest BCUT2D eigenvalue weighted by molar-refractivity contribution is -0.161. The van der Waals surface area contributed by atoms with Crippen molar-refractivity contribution < 1.29 is 37.6 Å². The summed E-state index contributed by atoms with van der Waals surface area (Å²) in [5.41, 5.74) is 5.37. The molecule has 0 spiro atoms. The zero-order valence-electron chi connectivity index (χ0n) is 46.4. The molecule has 2 unspecified atom stereocenters. The zero-order chi connectivity index (χ0) is 52.4. The fraction of sp³-hybridized carbons (Fsp3) is 0.742. The van der Waals surface area contributed by atoms with Gasteiger partial charge in [0.25, 0.3) is 0 Å². The lowest BCUT2D eigenvalue weighted by Crippen LogP contribution is -2.29. The van der Waals surface area contributed by atoms with Crippen molar-refractivity contribution in [3.05, 3.63) is 85.1 Å². The van der Waals surface area contributed by atoms with E-state index in [9.17, 15) is 19.0 Å². The number of carbonyl (C=O) groups is 2. The normalized spacial score (nSPS) is 13.7. The summed E-state index contributed by atoms with van der Waals surface area (Å²) in [6.45, 7) is 3.62. The van der Waals surface area contributed by atoms with E-state index in [1.54, 1.807) is 0 Å². The van der Waals surface area contributed by atoms with Crippen molar-refractivity contribution in [1.29, 1.82) is 0 Å². The predicted octanol–water partition coefficient (Wildman–Crippen LogP) is 18.7. The summed E-state index contributed by atoms with van der Waals surface area (Å²) in [4.78, 5) is 35.0. The summed E-state index contributed by atoms with van der Waals surface area (Å²) in [5.74, 6) is -0.822. The van der Waals surface area contributed by atoms with Gasteiger partial charge in [-0.2, -0.15) is 0 Å². The van der Waals surface area contributed by atoms with Crippen LogP contribution in [0.1, 0.15) is 264 Å². The number of carbonyl (C=O) groups excluding carboxylic acids is 2. The third-order valence-corrected chi connectivity index (χ3v) is 13.5. The number of ether oxygens (including phenoxy) is 2. The number of allylic oxidation sites excluding steroid dienone is 14. The average molecular weight is 1030 g/mol. The van der Waals surface area contributed by atoms with Crippen LogP contribution in [0.2, 0.25) is 0 Å². The highest BCUT2D eigenvalue weighted by Gasteiger charge is 2.26. The molecule has 3 N–H and O–H groups in total. The standard InChI is InChI=1S/C62H110NO8P/c1-3-5-7-9-11-13-15-16-17-18-19-20-21-22-23-24-25-26-27-28-29-30-31-32-33-34-35-36-37-38-39-40-41-42-43-44-45-47-49-51-53-55-62(65)71-60(59-70-72(66,67)69-57-56-63)58-68-61(64)54-52-50-48-46-14-12-10-8-6-4-2/h5,7,11,13,16-17,19-20,22-23,25-26,28-29,60H,3-4,6,8-10,12,14-15,18,21,24,27,30-59,63H2,1-2H3,(H,66,67)/b7-5-,13-11-,17-16-,20-19-,23-22-,26-25-,29-28-. The first-order chi connectivity index (χ1) is 35.3. The molecule has 416 valence electrons.